The molecule has 19 heavy (non-hydrogen) atoms. The maximum Gasteiger partial charge on any atom is 0.341 e. The van der Waals surface area contributed by atoms with Crippen molar-refractivity contribution < 1.29 is 14.6 Å². The maximum absolute atomic E-state index is 11.1. The highest BCUT2D eigenvalue weighted by Gasteiger charge is 2.15. The monoisotopic (exact) mass is 385 g/mol. The first-order chi connectivity index (χ1) is 8.97. The van der Waals surface area contributed by atoms with E-state index in [4.69, 9.17) is 9.84 Å². The van der Waals surface area contributed by atoms with E-state index in [0.29, 0.717) is 15.9 Å². The van der Waals surface area contributed by atoms with Crippen LogP contribution >= 0.6 is 31.9 Å². The van der Waals surface area contributed by atoms with Crippen LogP contribution in [0, 0.1) is 6.92 Å². The second kappa shape index (κ2) is 5.71. The summed E-state index contributed by atoms with van der Waals surface area (Å²) in [5.74, 6) is -0.491. The highest BCUT2D eigenvalue weighted by molar-refractivity contribution is 9.11. The molecule has 0 saturated heterocycles. The zero-order valence-corrected chi connectivity index (χ0v) is 13.0. The molecule has 0 fully saturated rings. The van der Waals surface area contributed by atoms with E-state index in [9.17, 15) is 4.79 Å². The van der Waals surface area contributed by atoms with Crippen LogP contribution in [-0.2, 0) is 0 Å². The van der Waals surface area contributed by atoms with Gasteiger partial charge in [0.05, 0.1) is 4.47 Å². The molecule has 98 valence electrons. The fourth-order valence-electron chi connectivity index (χ4n) is 1.44. The first kappa shape index (κ1) is 14.0. The lowest BCUT2D eigenvalue weighted by Gasteiger charge is -2.10. The van der Waals surface area contributed by atoms with Crippen molar-refractivity contribution in [2.24, 2.45) is 0 Å². The molecule has 1 aromatic carbocycles. The molecule has 0 spiro atoms. The summed E-state index contributed by atoms with van der Waals surface area (Å²) in [5.41, 5.74) is 0.716. The molecule has 2 rings (SSSR count). The summed E-state index contributed by atoms with van der Waals surface area (Å²) in [6.07, 6.45) is 0. The molecule has 1 heterocycles. The van der Waals surface area contributed by atoms with Crippen molar-refractivity contribution in [1.29, 1.82) is 0 Å². The third-order valence-electron chi connectivity index (χ3n) is 2.33. The summed E-state index contributed by atoms with van der Waals surface area (Å²) in [7, 11) is 0. The van der Waals surface area contributed by atoms with Gasteiger partial charge in [0.15, 0.2) is 0 Å². The quantitative estimate of drug-likeness (QED) is 0.848. The Balaban J connectivity index is 2.42. The summed E-state index contributed by atoms with van der Waals surface area (Å²) in [6, 6.07) is 8.45. The summed E-state index contributed by atoms with van der Waals surface area (Å²) < 4.78 is 7.18. The minimum absolute atomic E-state index is 0.0282. The van der Waals surface area contributed by atoms with Gasteiger partial charge in [-0.15, -0.1) is 0 Å². The van der Waals surface area contributed by atoms with Crippen molar-refractivity contribution in [3.8, 4) is 11.6 Å². The van der Waals surface area contributed by atoms with Gasteiger partial charge in [-0.1, -0.05) is 15.9 Å². The number of hydrogen-bond donors (Lipinski definition) is 1. The van der Waals surface area contributed by atoms with E-state index in [2.05, 4.69) is 36.8 Å². The molecule has 1 aromatic heterocycles. The number of carboxylic acid groups (broad SMARTS) is 1. The molecule has 0 aliphatic carbocycles. The van der Waals surface area contributed by atoms with Gasteiger partial charge in [0.1, 0.15) is 11.3 Å². The number of ether oxygens (including phenoxy) is 1. The molecule has 0 unspecified atom stereocenters. The number of nitrogens with zero attached hydrogens (tertiary/aromatic N) is 1. The fourth-order valence-corrected chi connectivity index (χ4v) is 2.56. The number of benzene rings is 1. The van der Waals surface area contributed by atoms with Gasteiger partial charge >= 0.3 is 5.97 Å². The van der Waals surface area contributed by atoms with E-state index in [1.807, 2.05) is 6.07 Å². The minimum Gasteiger partial charge on any atom is -0.477 e. The third-order valence-corrected chi connectivity index (χ3v) is 3.44. The topological polar surface area (TPSA) is 59.4 Å². The molecule has 6 heteroatoms. The first-order valence-corrected chi connectivity index (χ1v) is 6.90. The third kappa shape index (κ3) is 3.33. The van der Waals surface area contributed by atoms with Crippen LogP contribution in [0.4, 0.5) is 0 Å². The molecule has 0 aliphatic heterocycles. The first-order valence-electron chi connectivity index (χ1n) is 5.31. The van der Waals surface area contributed by atoms with E-state index in [1.165, 1.54) is 6.07 Å². The van der Waals surface area contributed by atoms with Crippen molar-refractivity contribution in [2.75, 3.05) is 0 Å². The molecule has 1 N–H and O–H groups in total. The van der Waals surface area contributed by atoms with Gasteiger partial charge in [0, 0.05) is 10.2 Å². The number of aromatic nitrogens is 1. The van der Waals surface area contributed by atoms with Gasteiger partial charge in [0.2, 0.25) is 5.88 Å². The Labute approximate surface area is 126 Å². The van der Waals surface area contributed by atoms with E-state index in [1.54, 1.807) is 25.1 Å². The molecule has 0 bridgehead atoms. The smallest absolute Gasteiger partial charge is 0.341 e. The maximum atomic E-state index is 11.1. The van der Waals surface area contributed by atoms with Gasteiger partial charge in [-0.05, 0) is 53.2 Å². The Kier molecular flexibility index (Phi) is 4.21. The molecule has 0 aliphatic rings. The zero-order valence-electron chi connectivity index (χ0n) is 9.85. The molecular formula is C13H9Br2NO3. The Hall–Kier alpha value is -1.40. The van der Waals surface area contributed by atoms with Crippen LogP contribution in [0.2, 0.25) is 0 Å². The SMILES string of the molecule is Cc1ccc(C(=O)O)c(Oc2ccc(Br)cc2Br)n1. The van der Waals surface area contributed by atoms with Crippen LogP contribution in [-0.4, -0.2) is 16.1 Å². The number of carbonyl (C=O) groups is 1. The summed E-state index contributed by atoms with van der Waals surface area (Å²) >= 11 is 6.69. The van der Waals surface area contributed by atoms with Crippen molar-refractivity contribution in [3.63, 3.8) is 0 Å². The highest BCUT2D eigenvalue weighted by atomic mass is 79.9. The Bertz CT molecular complexity index is 644. The normalized spacial score (nSPS) is 10.3. The minimum atomic E-state index is -1.07. The van der Waals surface area contributed by atoms with Gasteiger partial charge in [-0.2, -0.15) is 0 Å². The van der Waals surface area contributed by atoms with Crippen molar-refractivity contribution >= 4 is 37.8 Å². The number of rotatable bonds is 3. The molecule has 0 atom stereocenters. The number of aryl methyl sites for hydroxylation is 1. The molecule has 2 aromatic rings. The Morgan fingerprint density at radius 3 is 2.63 bits per heavy atom. The van der Waals surface area contributed by atoms with Crippen molar-refractivity contribution in [1.82, 2.24) is 4.98 Å². The second-order valence-electron chi connectivity index (χ2n) is 3.79. The number of halogens is 2. The van der Waals surface area contributed by atoms with Gasteiger partial charge in [-0.3, -0.25) is 0 Å². The lowest BCUT2D eigenvalue weighted by molar-refractivity contribution is 0.0693. The Morgan fingerprint density at radius 2 is 2.00 bits per heavy atom. The number of aromatic carboxylic acids is 1. The average Bonchev–Trinajstić information content (AvgIpc) is 2.32. The van der Waals surface area contributed by atoms with Crippen LogP contribution in [0.25, 0.3) is 0 Å². The zero-order chi connectivity index (χ0) is 14.0. The highest BCUT2D eigenvalue weighted by Crippen LogP contribution is 2.32. The van der Waals surface area contributed by atoms with Gasteiger partial charge in [0.25, 0.3) is 0 Å². The average molecular weight is 387 g/mol. The molecule has 0 saturated carbocycles. The number of carboxylic acids is 1. The summed E-state index contributed by atoms with van der Waals surface area (Å²) in [4.78, 5) is 15.2. The second-order valence-corrected chi connectivity index (χ2v) is 5.56. The fraction of sp³-hybridized carbons (Fsp3) is 0.0769. The summed E-state index contributed by atoms with van der Waals surface area (Å²) in [5, 5.41) is 9.11. The largest absolute Gasteiger partial charge is 0.477 e. The Morgan fingerprint density at radius 1 is 1.26 bits per heavy atom. The van der Waals surface area contributed by atoms with Gasteiger partial charge in [-0.25, -0.2) is 9.78 Å². The number of hydrogen-bond acceptors (Lipinski definition) is 3. The van der Waals surface area contributed by atoms with E-state index in [0.717, 1.165) is 4.47 Å². The molecule has 0 amide bonds. The van der Waals surface area contributed by atoms with E-state index >= 15 is 0 Å². The number of pyridine rings is 1. The lowest BCUT2D eigenvalue weighted by Crippen LogP contribution is -2.03. The van der Waals surface area contributed by atoms with Crippen molar-refractivity contribution in [2.45, 2.75) is 6.92 Å². The molecule has 0 radical (unpaired) electrons. The van der Waals surface area contributed by atoms with E-state index < -0.39 is 5.97 Å². The van der Waals surface area contributed by atoms with E-state index in [-0.39, 0.29) is 11.4 Å². The molecular weight excluding hydrogens is 378 g/mol. The van der Waals surface area contributed by atoms with Crippen LogP contribution in [0.3, 0.4) is 0 Å². The predicted molar refractivity (Wildman–Crippen MR) is 77.8 cm³/mol. The van der Waals surface area contributed by atoms with Crippen LogP contribution in [0.1, 0.15) is 16.1 Å². The van der Waals surface area contributed by atoms with Crippen LogP contribution in [0.15, 0.2) is 39.3 Å². The van der Waals surface area contributed by atoms with Crippen LogP contribution < -0.4 is 4.74 Å². The van der Waals surface area contributed by atoms with Gasteiger partial charge < -0.3 is 9.84 Å². The molecule has 4 nitrogen and oxygen atoms in total. The lowest BCUT2D eigenvalue weighted by atomic mass is 10.2. The summed E-state index contributed by atoms with van der Waals surface area (Å²) in [6.45, 7) is 1.77. The standard InChI is InChI=1S/C13H9Br2NO3/c1-7-2-4-9(13(17)18)12(16-7)19-11-5-3-8(14)6-10(11)15/h2-6H,1H3,(H,17,18). The van der Waals surface area contributed by atoms with Crippen LogP contribution in [0.5, 0.6) is 11.6 Å². The van der Waals surface area contributed by atoms with Crippen molar-refractivity contribution in [3.05, 3.63) is 50.5 Å². The predicted octanol–water partition coefficient (Wildman–Crippen LogP) is 4.41.